The van der Waals surface area contributed by atoms with E-state index in [2.05, 4.69) is 27.8 Å². The van der Waals surface area contributed by atoms with Crippen LogP contribution in [0.4, 0.5) is 0 Å². The zero-order valence-corrected chi connectivity index (χ0v) is 10.4. The molecule has 0 spiro atoms. The third-order valence-electron chi connectivity index (χ3n) is 2.67. The molecule has 17 heavy (non-hydrogen) atoms. The average Bonchev–Trinajstić information content (AvgIpc) is 2.68. The van der Waals surface area contributed by atoms with E-state index in [1.807, 2.05) is 20.0 Å². The Morgan fingerprint density at radius 3 is 3.00 bits per heavy atom. The first-order valence-electron chi connectivity index (χ1n) is 6.01. The molecule has 0 unspecified atom stereocenters. The lowest BCUT2D eigenvalue weighted by Crippen LogP contribution is -2.19. The summed E-state index contributed by atoms with van der Waals surface area (Å²) in [5.74, 6) is 0.721. The monoisotopic (exact) mass is 233 g/mol. The first-order chi connectivity index (χ1) is 8.29. The minimum Gasteiger partial charge on any atom is -0.441 e. The van der Waals surface area contributed by atoms with Gasteiger partial charge in [-0.3, -0.25) is 0 Å². The van der Waals surface area contributed by atoms with Gasteiger partial charge in [0, 0.05) is 13.5 Å². The van der Waals surface area contributed by atoms with Crippen molar-refractivity contribution in [1.29, 1.82) is 0 Å². The molecule has 1 aromatic carbocycles. The summed E-state index contributed by atoms with van der Waals surface area (Å²) in [5, 5.41) is 6.54. The van der Waals surface area contributed by atoms with Gasteiger partial charge >= 0.3 is 0 Å². The fraction of sp³-hybridized carbons (Fsp3) is 0.462. The van der Waals surface area contributed by atoms with Gasteiger partial charge in [0.2, 0.25) is 0 Å². The van der Waals surface area contributed by atoms with Gasteiger partial charge in [-0.25, -0.2) is 4.98 Å². The van der Waals surface area contributed by atoms with Gasteiger partial charge < -0.3 is 15.1 Å². The van der Waals surface area contributed by atoms with Crippen molar-refractivity contribution < 1.29 is 4.42 Å². The van der Waals surface area contributed by atoms with Crippen LogP contribution in [-0.2, 0) is 6.54 Å². The molecule has 0 radical (unpaired) electrons. The summed E-state index contributed by atoms with van der Waals surface area (Å²) in [5.41, 5.74) is 3.05. The van der Waals surface area contributed by atoms with Crippen LogP contribution >= 0.6 is 0 Å². The molecular weight excluding hydrogens is 214 g/mol. The van der Waals surface area contributed by atoms with E-state index in [-0.39, 0.29) is 0 Å². The van der Waals surface area contributed by atoms with E-state index < -0.39 is 0 Å². The predicted octanol–water partition coefficient (Wildman–Crippen LogP) is 1.84. The second kappa shape index (κ2) is 5.80. The zero-order chi connectivity index (χ0) is 12.1. The highest BCUT2D eigenvalue weighted by Gasteiger charge is 2.02. The van der Waals surface area contributed by atoms with E-state index in [0.29, 0.717) is 0 Å². The number of oxazole rings is 1. The number of benzene rings is 1. The Kier molecular flexibility index (Phi) is 4.12. The van der Waals surface area contributed by atoms with Crippen LogP contribution < -0.4 is 10.6 Å². The highest BCUT2D eigenvalue weighted by atomic mass is 16.3. The smallest absolute Gasteiger partial charge is 0.192 e. The standard InChI is InChI=1S/C13H19N3O/c1-10-16-12-8-11(4-5-13(12)17-10)9-15-7-3-6-14-2/h4-5,8,14-15H,3,6-7,9H2,1-2H3. The summed E-state index contributed by atoms with van der Waals surface area (Å²) in [4.78, 5) is 4.33. The van der Waals surface area contributed by atoms with Crippen LogP contribution in [0.1, 0.15) is 17.9 Å². The summed E-state index contributed by atoms with van der Waals surface area (Å²) in [6.45, 7) is 4.83. The average molecular weight is 233 g/mol. The molecule has 2 aromatic rings. The Labute approximate surface area is 101 Å². The summed E-state index contributed by atoms with van der Waals surface area (Å²) in [7, 11) is 1.97. The minimum atomic E-state index is 0.721. The number of nitrogens with one attached hydrogen (secondary N) is 2. The molecule has 2 rings (SSSR count). The van der Waals surface area contributed by atoms with Gasteiger partial charge in [0.05, 0.1) is 0 Å². The largest absolute Gasteiger partial charge is 0.441 e. The second-order valence-electron chi connectivity index (χ2n) is 4.17. The number of hydrogen-bond acceptors (Lipinski definition) is 4. The molecule has 2 N–H and O–H groups in total. The van der Waals surface area contributed by atoms with Crippen molar-refractivity contribution >= 4 is 11.1 Å². The lowest BCUT2D eigenvalue weighted by Gasteiger charge is -2.04. The molecule has 0 fully saturated rings. The molecule has 0 atom stereocenters. The maximum Gasteiger partial charge on any atom is 0.192 e. The van der Waals surface area contributed by atoms with Crippen LogP contribution in [0.2, 0.25) is 0 Å². The summed E-state index contributed by atoms with van der Waals surface area (Å²) in [6.07, 6.45) is 1.14. The maximum absolute atomic E-state index is 5.44. The van der Waals surface area contributed by atoms with E-state index in [1.54, 1.807) is 0 Å². The van der Waals surface area contributed by atoms with Gasteiger partial charge in [-0.1, -0.05) is 6.07 Å². The van der Waals surface area contributed by atoms with Crippen molar-refractivity contribution in [2.24, 2.45) is 0 Å². The van der Waals surface area contributed by atoms with E-state index in [1.165, 1.54) is 5.56 Å². The third-order valence-corrected chi connectivity index (χ3v) is 2.67. The molecular formula is C13H19N3O. The van der Waals surface area contributed by atoms with Gasteiger partial charge in [0.15, 0.2) is 11.5 Å². The Morgan fingerprint density at radius 2 is 2.18 bits per heavy atom. The topological polar surface area (TPSA) is 50.1 Å². The van der Waals surface area contributed by atoms with Crippen molar-refractivity contribution in [2.75, 3.05) is 20.1 Å². The summed E-state index contributed by atoms with van der Waals surface area (Å²) in [6, 6.07) is 6.15. The molecule has 0 amide bonds. The molecule has 0 bridgehead atoms. The van der Waals surface area contributed by atoms with E-state index in [4.69, 9.17) is 4.42 Å². The number of aromatic nitrogens is 1. The predicted molar refractivity (Wildman–Crippen MR) is 69.0 cm³/mol. The zero-order valence-electron chi connectivity index (χ0n) is 10.4. The highest BCUT2D eigenvalue weighted by molar-refractivity contribution is 5.73. The molecule has 92 valence electrons. The van der Waals surface area contributed by atoms with Crippen LogP contribution in [0.15, 0.2) is 22.6 Å². The van der Waals surface area contributed by atoms with Crippen LogP contribution in [0, 0.1) is 6.92 Å². The van der Waals surface area contributed by atoms with E-state index in [0.717, 1.165) is 43.0 Å². The molecule has 0 aliphatic heterocycles. The summed E-state index contributed by atoms with van der Waals surface area (Å²) >= 11 is 0. The Morgan fingerprint density at radius 1 is 1.29 bits per heavy atom. The molecule has 4 nitrogen and oxygen atoms in total. The molecule has 0 saturated carbocycles. The number of hydrogen-bond donors (Lipinski definition) is 2. The molecule has 4 heteroatoms. The van der Waals surface area contributed by atoms with Gasteiger partial charge in [-0.2, -0.15) is 0 Å². The highest BCUT2D eigenvalue weighted by Crippen LogP contribution is 2.16. The second-order valence-corrected chi connectivity index (χ2v) is 4.17. The lowest BCUT2D eigenvalue weighted by atomic mass is 10.2. The fourth-order valence-electron chi connectivity index (χ4n) is 1.82. The van der Waals surface area contributed by atoms with Crippen molar-refractivity contribution in [1.82, 2.24) is 15.6 Å². The first kappa shape index (κ1) is 12.1. The number of aryl methyl sites for hydroxylation is 1. The molecule has 1 heterocycles. The van der Waals surface area contributed by atoms with Crippen LogP contribution in [-0.4, -0.2) is 25.1 Å². The maximum atomic E-state index is 5.44. The van der Waals surface area contributed by atoms with Gasteiger partial charge in [-0.15, -0.1) is 0 Å². The van der Waals surface area contributed by atoms with Gasteiger partial charge in [0.25, 0.3) is 0 Å². The number of rotatable bonds is 6. The van der Waals surface area contributed by atoms with Crippen molar-refractivity contribution in [2.45, 2.75) is 19.9 Å². The van der Waals surface area contributed by atoms with Gasteiger partial charge in [0.1, 0.15) is 5.52 Å². The lowest BCUT2D eigenvalue weighted by molar-refractivity contribution is 0.561. The Balaban J connectivity index is 1.90. The fourth-order valence-corrected chi connectivity index (χ4v) is 1.82. The van der Waals surface area contributed by atoms with Crippen LogP contribution in [0.3, 0.4) is 0 Å². The van der Waals surface area contributed by atoms with Crippen LogP contribution in [0.5, 0.6) is 0 Å². The van der Waals surface area contributed by atoms with E-state index in [9.17, 15) is 0 Å². The van der Waals surface area contributed by atoms with Crippen molar-refractivity contribution in [3.8, 4) is 0 Å². The third kappa shape index (κ3) is 3.28. The quantitative estimate of drug-likeness (QED) is 0.747. The van der Waals surface area contributed by atoms with E-state index >= 15 is 0 Å². The SMILES string of the molecule is CNCCCNCc1ccc2oc(C)nc2c1. The molecule has 0 aliphatic carbocycles. The molecule has 0 saturated heterocycles. The van der Waals surface area contributed by atoms with Gasteiger partial charge in [-0.05, 0) is 44.3 Å². The Bertz CT molecular complexity index is 478. The number of fused-ring (bicyclic) bond motifs is 1. The van der Waals surface area contributed by atoms with Crippen molar-refractivity contribution in [3.63, 3.8) is 0 Å². The Hall–Kier alpha value is -1.39. The number of nitrogens with zero attached hydrogens (tertiary/aromatic N) is 1. The minimum absolute atomic E-state index is 0.721. The normalized spacial score (nSPS) is 11.2. The molecule has 1 aromatic heterocycles. The first-order valence-corrected chi connectivity index (χ1v) is 6.01. The molecule has 0 aliphatic rings. The van der Waals surface area contributed by atoms with Crippen LogP contribution in [0.25, 0.3) is 11.1 Å². The summed E-state index contributed by atoms with van der Waals surface area (Å²) < 4.78 is 5.44. The van der Waals surface area contributed by atoms with Crippen molar-refractivity contribution in [3.05, 3.63) is 29.7 Å².